The largest absolute Gasteiger partial charge is 0.302 e. The number of rotatable bonds is 5. The molecule has 6 heteroatoms. The van der Waals surface area contributed by atoms with Gasteiger partial charge < -0.3 is 9.80 Å². The van der Waals surface area contributed by atoms with E-state index in [1.807, 2.05) is 5.01 Å². The monoisotopic (exact) mass is 256 g/mol. The zero-order chi connectivity index (χ0) is 12.8. The first kappa shape index (κ1) is 14.2. The van der Waals surface area contributed by atoms with Gasteiger partial charge in [-0.2, -0.15) is 0 Å². The Morgan fingerprint density at radius 1 is 0.944 bits per heavy atom. The number of nitrogens with one attached hydrogen (secondary N) is 1. The lowest BCUT2D eigenvalue weighted by molar-refractivity contribution is 0.0957. The number of piperidine rings is 1. The number of nitrogens with zero attached hydrogens (tertiary/aromatic N) is 3. The molecular formula is C12H28N6. The van der Waals surface area contributed by atoms with Crippen LogP contribution in [-0.4, -0.2) is 73.7 Å². The molecule has 2 aliphatic heterocycles. The average Bonchev–Trinajstić information content (AvgIpc) is 2.41. The molecule has 2 saturated heterocycles. The smallest absolute Gasteiger partial charge is 0.0257 e. The zero-order valence-corrected chi connectivity index (χ0v) is 11.4. The van der Waals surface area contributed by atoms with Gasteiger partial charge in [0.25, 0.3) is 0 Å². The summed E-state index contributed by atoms with van der Waals surface area (Å²) in [6, 6.07) is 0. The van der Waals surface area contributed by atoms with E-state index in [1.165, 1.54) is 32.5 Å². The van der Waals surface area contributed by atoms with E-state index < -0.39 is 0 Å². The predicted octanol–water partition coefficient (Wildman–Crippen LogP) is -1.35. The van der Waals surface area contributed by atoms with Gasteiger partial charge in [-0.3, -0.25) is 17.1 Å². The fraction of sp³-hybridized carbons (Fsp3) is 1.00. The van der Waals surface area contributed by atoms with Gasteiger partial charge in [0.05, 0.1) is 0 Å². The minimum Gasteiger partial charge on any atom is -0.302 e. The van der Waals surface area contributed by atoms with Crippen LogP contribution in [0, 0.1) is 5.92 Å². The molecule has 2 rings (SSSR count). The third kappa shape index (κ3) is 4.46. The Labute approximate surface area is 110 Å². The Kier molecular flexibility index (Phi) is 5.81. The fourth-order valence-corrected chi connectivity index (χ4v) is 2.93. The Morgan fingerprint density at radius 3 is 2.22 bits per heavy atom. The van der Waals surface area contributed by atoms with Gasteiger partial charge in [0, 0.05) is 45.8 Å². The molecule has 5 N–H and O–H groups in total. The van der Waals surface area contributed by atoms with Crippen molar-refractivity contribution in [1.82, 2.24) is 20.2 Å². The highest BCUT2D eigenvalue weighted by Gasteiger charge is 2.22. The fourth-order valence-electron chi connectivity index (χ4n) is 2.93. The molecule has 0 saturated carbocycles. The lowest BCUT2D eigenvalue weighted by atomic mass is 9.96. The van der Waals surface area contributed by atoms with Crippen molar-refractivity contribution in [2.24, 2.45) is 17.6 Å². The third-order valence-electron chi connectivity index (χ3n) is 4.20. The maximum absolute atomic E-state index is 5.78. The molecule has 0 atom stereocenters. The molecule has 6 nitrogen and oxygen atoms in total. The third-order valence-corrected chi connectivity index (χ3v) is 4.20. The number of likely N-dealkylation sites (tertiary alicyclic amines) is 1. The molecule has 0 aromatic carbocycles. The number of hydrazine groups is 2. The Balaban J connectivity index is 1.61. The highest BCUT2D eigenvalue weighted by Crippen LogP contribution is 2.18. The first-order valence-electron chi connectivity index (χ1n) is 7.15. The van der Waals surface area contributed by atoms with Gasteiger partial charge >= 0.3 is 0 Å². The first-order chi connectivity index (χ1) is 8.78. The van der Waals surface area contributed by atoms with Crippen molar-refractivity contribution < 1.29 is 0 Å². The van der Waals surface area contributed by atoms with Gasteiger partial charge in [0.2, 0.25) is 0 Å². The molecule has 0 aromatic rings. The van der Waals surface area contributed by atoms with Crippen molar-refractivity contribution in [2.45, 2.75) is 12.8 Å². The second-order valence-electron chi connectivity index (χ2n) is 5.58. The molecule has 0 spiro atoms. The Bertz CT molecular complexity index is 221. The second-order valence-corrected chi connectivity index (χ2v) is 5.58. The number of nitrogens with two attached hydrogens (primary N) is 2. The SMILES string of the molecule is NNCCN1CCC(CN2CCN(N)CC2)CC1. The van der Waals surface area contributed by atoms with Crippen molar-refractivity contribution in [3.05, 3.63) is 0 Å². The summed E-state index contributed by atoms with van der Waals surface area (Å²) in [4.78, 5) is 5.08. The maximum Gasteiger partial charge on any atom is 0.0257 e. The predicted molar refractivity (Wildman–Crippen MR) is 73.6 cm³/mol. The molecule has 2 fully saturated rings. The van der Waals surface area contributed by atoms with Crippen molar-refractivity contribution in [1.29, 1.82) is 0 Å². The van der Waals surface area contributed by atoms with E-state index in [4.69, 9.17) is 11.7 Å². The molecule has 106 valence electrons. The topological polar surface area (TPSA) is 73.8 Å². The Morgan fingerprint density at radius 2 is 1.61 bits per heavy atom. The van der Waals surface area contributed by atoms with E-state index in [0.29, 0.717) is 0 Å². The van der Waals surface area contributed by atoms with E-state index >= 15 is 0 Å². The number of hydrogen-bond donors (Lipinski definition) is 3. The molecule has 0 aromatic heterocycles. The summed E-state index contributed by atoms with van der Waals surface area (Å²) in [5.74, 6) is 12.0. The van der Waals surface area contributed by atoms with Gasteiger partial charge in [-0.05, 0) is 31.8 Å². The summed E-state index contributed by atoms with van der Waals surface area (Å²) < 4.78 is 0. The van der Waals surface area contributed by atoms with Gasteiger partial charge in [-0.1, -0.05) is 0 Å². The second kappa shape index (κ2) is 7.37. The number of piperazine rings is 1. The van der Waals surface area contributed by atoms with Crippen LogP contribution in [0.15, 0.2) is 0 Å². The van der Waals surface area contributed by atoms with E-state index in [-0.39, 0.29) is 0 Å². The summed E-state index contributed by atoms with van der Waals surface area (Å²) in [6.45, 7) is 9.98. The average molecular weight is 256 g/mol. The van der Waals surface area contributed by atoms with Crippen LogP contribution >= 0.6 is 0 Å². The standard InChI is InChI=1S/C12H28N6/c13-15-3-6-16-4-1-12(2-5-16)11-17-7-9-18(14)10-8-17/h12,15H,1-11,13-14H2. The van der Waals surface area contributed by atoms with Gasteiger partial charge in [-0.25, -0.2) is 5.01 Å². The van der Waals surface area contributed by atoms with E-state index in [2.05, 4.69) is 15.2 Å². The van der Waals surface area contributed by atoms with E-state index in [9.17, 15) is 0 Å². The van der Waals surface area contributed by atoms with Gasteiger partial charge in [0.1, 0.15) is 0 Å². The first-order valence-corrected chi connectivity index (χ1v) is 7.15. The highest BCUT2D eigenvalue weighted by molar-refractivity contribution is 4.77. The normalized spacial score (nSPS) is 25.7. The van der Waals surface area contributed by atoms with Crippen LogP contribution in [0.1, 0.15) is 12.8 Å². The lowest BCUT2D eigenvalue weighted by Gasteiger charge is -2.37. The van der Waals surface area contributed by atoms with Crippen LogP contribution in [0.5, 0.6) is 0 Å². The minimum absolute atomic E-state index is 0.872. The molecule has 0 radical (unpaired) electrons. The van der Waals surface area contributed by atoms with Crippen LogP contribution < -0.4 is 17.1 Å². The maximum atomic E-state index is 5.78. The van der Waals surface area contributed by atoms with Crippen molar-refractivity contribution in [2.75, 3.05) is 58.9 Å². The van der Waals surface area contributed by atoms with Gasteiger partial charge in [-0.15, -0.1) is 0 Å². The summed E-state index contributed by atoms with van der Waals surface area (Å²) in [5, 5.41) is 1.93. The molecule has 0 aliphatic carbocycles. The molecule has 18 heavy (non-hydrogen) atoms. The molecule has 2 aliphatic rings. The molecule has 2 heterocycles. The summed E-state index contributed by atoms with van der Waals surface area (Å²) >= 11 is 0. The summed E-state index contributed by atoms with van der Waals surface area (Å²) in [6.07, 6.45) is 2.65. The zero-order valence-electron chi connectivity index (χ0n) is 11.4. The molecule has 0 amide bonds. The van der Waals surface area contributed by atoms with Gasteiger partial charge in [0.15, 0.2) is 0 Å². The number of hydrogen-bond acceptors (Lipinski definition) is 6. The highest BCUT2D eigenvalue weighted by atomic mass is 15.4. The molecule has 0 bridgehead atoms. The van der Waals surface area contributed by atoms with Crippen LogP contribution in [0.2, 0.25) is 0 Å². The summed E-state index contributed by atoms with van der Waals surface area (Å²) in [5.41, 5.74) is 2.73. The molecular weight excluding hydrogens is 228 g/mol. The van der Waals surface area contributed by atoms with Crippen LogP contribution in [-0.2, 0) is 0 Å². The van der Waals surface area contributed by atoms with Crippen molar-refractivity contribution in [3.63, 3.8) is 0 Å². The van der Waals surface area contributed by atoms with Crippen LogP contribution in [0.4, 0.5) is 0 Å². The Hall–Kier alpha value is -0.240. The summed E-state index contributed by atoms with van der Waals surface area (Å²) in [7, 11) is 0. The quantitative estimate of drug-likeness (QED) is 0.417. The van der Waals surface area contributed by atoms with Crippen molar-refractivity contribution in [3.8, 4) is 0 Å². The van der Waals surface area contributed by atoms with Crippen LogP contribution in [0.3, 0.4) is 0 Å². The minimum atomic E-state index is 0.872. The van der Waals surface area contributed by atoms with E-state index in [1.54, 1.807) is 0 Å². The lowest BCUT2D eigenvalue weighted by Crippen LogP contribution is -2.51. The molecule has 0 unspecified atom stereocenters. The van der Waals surface area contributed by atoms with E-state index in [0.717, 1.165) is 45.2 Å². The van der Waals surface area contributed by atoms with Crippen molar-refractivity contribution >= 4 is 0 Å². The van der Waals surface area contributed by atoms with Crippen LogP contribution in [0.25, 0.3) is 0 Å².